The van der Waals surface area contributed by atoms with E-state index in [0.29, 0.717) is 18.1 Å². The fourth-order valence-corrected chi connectivity index (χ4v) is 3.69. The quantitative estimate of drug-likeness (QED) is 0.857. The number of carbonyl (C=O) groups excluding carboxylic acids is 1. The van der Waals surface area contributed by atoms with E-state index in [4.69, 9.17) is 14.9 Å². The maximum Gasteiger partial charge on any atom is 0.325 e. The van der Waals surface area contributed by atoms with E-state index in [-0.39, 0.29) is 11.2 Å². The van der Waals surface area contributed by atoms with Crippen molar-refractivity contribution in [3.63, 3.8) is 0 Å². The monoisotopic (exact) mass is 284 g/mol. The van der Waals surface area contributed by atoms with Crippen LogP contribution in [-0.2, 0) is 9.53 Å². The highest BCUT2D eigenvalue weighted by atomic mass is 32.2. The van der Waals surface area contributed by atoms with Crippen LogP contribution in [0, 0.1) is 13.8 Å². The van der Waals surface area contributed by atoms with Crippen LogP contribution in [0.25, 0.3) is 0 Å². The fourth-order valence-electron chi connectivity index (χ4n) is 2.38. The Bertz CT molecular complexity index is 455. The third-order valence-electron chi connectivity index (χ3n) is 3.61. The summed E-state index contributed by atoms with van der Waals surface area (Å²) in [5.74, 6) is 0.517. The van der Waals surface area contributed by atoms with Gasteiger partial charge in [0.05, 0.1) is 12.8 Å². The molecule has 0 saturated heterocycles. The van der Waals surface area contributed by atoms with Crippen molar-refractivity contribution in [2.24, 2.45) is 5.73 Å². The minimum atomic E-state index is -0.860. The van der Waals surface area contributed by atoms with Crippen molar-refractivity contribution in [1.82, 2.24) is 4.98 Å². The first-order valence-electron chi connectivity index (χ1n) is 6.42. The molecule has 1 saturated carbocycles. The molecular formula is C13H20N2O3S. The van der Waals surface area contributed by atoms with E-state index in [1.807, 2.05) is 13.8 Å². The summed E-state index contributed by atoms with van der Waals surface area (Å²) in [5.41, 5.74) is 6.20. The van der Waals surface area contributed by atoms with Gasteiger partial charge in [-0.15, -0.1) is 0 Å². The number of rotatable bonds is 3. The van der Waals surface area contributed by atoms with Crippen molar-refractivity contribution in [3.8, 4) is 0 Å². The minimum absolute atomic E-state index is 0.246. The minimum Gasteiger partial charge on any atom is -0.468 e. The van der Waals surface area contributed by atoms with Gasteiger partial charge < -0.3 is 14.9 Å². The molecule has 0 bridgehead atoms. The van der Waals surface area contributed by atoms with Crippen molar-refractivity contribution < 1.29 is 13.9 Å². The molecule has 1 aromatic heterocycles. The van der Waals surface area contributed by atoms with Gasteiger partial charge in [0.2, 0.25) is 0 Å². The molecule has 19 heavy (non-hydrogen) atoms. The van der Waals surface area contributed by atoms with Crippen LogP contribution in [0.5, 0.6) is 0 Å². The maximum atomic E-state index is 11.7. The van der Waals surface area contributed by atoms with Gasteiger partial charge in [-0.25, -0.2) is 4.98 Å². The lowest BCUT2D eigenvalue weighted by atomic mass is 9.82. The maximum absolute atomic E-state index is 11.7. The van der Waals surface area contributed by atoms with Crippen LogP contribution in [0.1, 0.15) is 37.1 Å². The van der Waals surface area contributed by atoms with Gasteiger partial charge in [-0.3, -0.25) is 4.79 Å². The molecule has 6 heteroatoms. The number of hydrogen-bond acceptors (Lipinski definition) is 6. The summed E-state index contributed by atoms with van der Waals surface area (Å²) in [7, 11) is 1.38. The number of aryl methyl sites for hydroxylation is 2. The van der Waals surface area contributed by atoms with Gasteiger partial charge in [0, 0.05) is 5.25 Å². The molecular weight excluding hydrogens is 264 g/mol. The zero-order chi connectivity index (χ0) is 14.0. The summed E-state index contributed by atoms with van der Waals surface area (Å²) in [6.07, 6.45) is 3.22. The molecule has 0 aliphatic heterocycles. The third-order valence-corrected chi connectivity index (χ3v) is 4.72. The van der Waals surface area contributed by atoms with Gasteiger partial charge in [0.1, 0.15) is 11.3 Å². The Kier molecular flexibility index (Phi) is 4.20. The van der Waals surface area contributed by atoms with Gasteiger partial charge in [0.25, 0.3) is 5.22 Å². The lowest BCUT2D eigenvalue weighted by Crippen LogP contribution is -2.52. The predicted octanol–water partition coefficient (Wildman–Crippen LogP) is 2.20. The highest BCUT2D eigenvalue weighted by Gasteiger charge is 2.41. The van der Waals surface area contributed by atoms with Gasteiger partial charge in [-0.2, -0.15) is 0 Å². The van der Waals surface area contributed by atoms with Crippen LogP contribution in [0.4, 0.5) is 0 Å². The van der Waals surface area contributed by atoms with E-state index >= 15 is 0 Å². The van der Waals surface area contributed by atoms with Crippen molar-refractivity contribution in [2.75, 3.05) is 7.11 Å². The number of nitrogens with zero attached hydrogens (tertiary/aromatic N) is 1. The molecule has 0 aromatic carbocycles. The van der Waals surface area contributed by atoms with Gasteiger partial charge in [0.15, 0.2) is 0 Å². The van der Waals surface area contributed by atoms with E-state index in [9.17, 15) is 4.79 Å². The van der Waals surface area contributed by atoms with Crippen molar-refractivity contribution in [3.05, 3.63) is 11.5 Å². The smallest absolute Gasteiger partial charge is 0.325 e. The van der Waals surface area contributed by atoms with Crippen LogP contribution < -0.4 is 5.73 Å². The molecule has 5 nitrogen and oxygen atoms in total. The molecule has 2 unspecified atom stereocenters. The number of ether oxygens (including phenoxy) is 1. The van der Waals surface area contributed by atoms with Crippen molar-refractivity contribution in [2.45, 2.75) is 55.5 Å². The summed E-state index contributed by atoms with van der Waals surface area (Å²) in [4.78, 5) is 16.1. The Morgan fingerprint density at radius 3 is 2.89 bits per heavy atom. The number of oxazole rings is 1. The number of esters is 1. The Labute approximate surface area is 117 Å². The Balaban J connectivity index is 2.03. The molecule has 2 rings (SSSR count). The van der Waals surface area contributed by atoms with E-state index in [0.717, 1.165) is 24.3 Å². The second-order valence-corrected chi connectivity index (χ2v) is 6.36. The van der Waals surface area contributed by atoms with Crippen LogP contribution in [0.3, 0.4) is 0 Å². The summed E-state index contributed by atoms with van der Waals surface area (Å²) in [5, 5.41) is 0.907. The van der Waals surface area contributed by atoms with Crippen LogP contribution in [-0.4, -0.2) is 28.9 Å². The first-order chi connectivity index (χ1) is 8.94. The largest absolute Gasteiger partial charge is 0.468 e. The third kappa shape index (κ3) is 3.12. The average molecular weight is 284 g/mol. The SMILES string of the molecule is COC(=O)C1(N)CCCC(Sc2nc(C)c(C)o2)C1. The van der Waals surface area contributed by atoms with Crippen LogP contribution in [0.2, 0.25) is 0 Å². The number of aromatic nitrogens is 1. The molecule has 2 atom stereocenters. The van der Waals surface area contributed by atoms with Crippen molar-refractivity contribution in [1.29, 1.82) is 0 Å². The normalized spacial score (nSPS) is 27.3. The zero-order valence-electron chi connectivity index (χ0n) is 11.6. The molecule has 0 amide bonds. The van der Waals surface area contributed by atoms with Crippen LogP contribution >= 0.6 is 11.8 Å². The number of methoxy groups -OCH3 is 1. The number of nitrogens with two attached hydrogens (primary N) is 1. The molecule has 1 aliphatic carbocycles. The first kappa shape index (κ1) is 14.4. The van der Waals surface area contributed by atoms with Crippen molar-refractivity contribution >= 4 is 17.7 Å². The fraction of sp³-hybridized carbons (Fsp3) is 0.692. The zero-order valence-corrected chi connectivity index (χ0v) is 12.4. The standard InChI is InChI=1S/C13H20N2O3S/c1-8-9(2)18-12(15-8)19-10-5-4-6-13(14,7-10)11(16)17-3/h10H,4-7,14H2,1-3H3. The summed E-state index contributed by atoms with van der Waals surface area (Å²) >= 11 is 1.56. The molecule has 106 valence electrons. The molecule has 2 N–H and O–H groups in total. The lowest BCUT2D eigenvalue weighted by molar-refractivity contribution is -0.148. The molecule has 1 fully saturated rings. The average Bonchev–Trinajstić information content (AvgIpc) is 2.67. The van der Waals surface area contributed by atoms with E-state index in [1.165, 1.54) is 7.11 Å². The van der Waals surface area contributed by atoms with Gasteiger partial charge in [-0.05, 0) is 39.5 Å². The summed E-state index contributed by atoms with van der Waals surface area (Å²) in [6.45, 7) is 3.82. The second-order valence-electron chi connectivity index (χ2n) is 5.11. The molecule has 1 aliphatic rings. The topological polar surface area (TPSA) is 78.4 Å². The number of hydrogen-bond donors (Lipinski definition) is 1. The first-order valence-corrected chi connectivity index (χ1v) is 7.30. The predicted molar refractivity (Wildman–Crippen MR) is 73.0 cm³/mol. The van der Waals surface area contributed by atoms with E-state index < -0.39 is 5.54 Å². The molecule has 1 heterocycles. The van der Waals surface area contributed by atoms with Crippen LogP contribution in [0.15, 0.2) is 9.64 Å². The Morgan fingerprint density at radius 1 is 1.58 bits per heavy atom. The Hall–Kier alpha value is -1.01. The van der Waals surface area contributed by atoms with E-state index in [2.05, 4.69) is 4.98 Å². The van der Waals surface area contributed by atoms with E-state index in [1.54, 1.807) is 11.8 Å². The van der Waals surface area contributed by atoms with Gasteiger partial charge >= 0.3 is 5.97 Å². The van der Waals surface area contributed by atoms with Gasteiger partial charge in [-0.1, -0.05) is 11.8 Å². The lowest BCUT2D eigenvalue weighted by Gasteiger charge is -2.34. The number of thioether (sulfide) groups is 1. The summed E-state index contributed by atoms with van der Waals surface area (Å²) < 4.78 is 10.4. The highest BCUT2D eigenvalue weighted by molar-refractivity contribution is 7.99. The molecule has 1 aromatic rings. The number of carbonyl (C=O) groups is 1. The summed E-state index contributed by atoms with van der Waals surface area (Å²) in [6, 6.07) is 0. The molecule has 0 spiro atoms. The molecule has 0 radical (unpaired) electrons. The Morgan fingerprint density at radius 2 is 2.32 bits per heavy atom. The highest BCUT2D eigenvalue weighted by Crippen LogP contribution is 2.37. The second kappa shape index (κ2) is 5.54.